The van der Waals surface area contributed by atoms with Gasteiger partial charge in [0.15, 0.2) is 5.72 Å². The van der Waals surface area contributed by atoms with E-state index in [0.717, 1.165) is 75.1 Å². The van der Waals surface area contributed by atoms with Crippen LogP contribution in [-0.4, -0.2) is 89.7 Å². The fraction of sp³-hybridized carbons (Fsp3) is 0.625. The smallest absolute Gasteiger partial charge is 0.335 e. The third-order valence-electron chi connectivity index (χ3n) is 16.8. The largest absolute Gasteiger partial charge is 0.466 e. The van der Waals surface area contributed by atoms with Crippen LogP contribution in [0.1, 0.15) is 69.9 Å². The standard InChI is InChI=1S/C40H44N4O4/c1-4-35-19-25-30-37(5-2)21-36-18-22(32(45)46-3)29-38(14-17-43(30)36,23-10-6-8-12-26(23)41-29)34(36)44-27-13-9-7-11-24(27)39(40(25,44)48-37)15-16-42(33(35)39)20-28-31(35)47-28/h6-13,25,28,30-31,33-34,41H,4-5,14-21H2,1-3H3/t25-,28+,30-,31+,33-,34-,35+,36-,37-,38+,39+,40+/m0/s1. The first-order chi connectivity index (χ1) is 23.4. The maximum atomic E-state index is 14.0. The fourth-order valence-electron chi connectivity index (χ4n) is 16.0. The molecular weight excluding hydrogens is 600 g/mol. The molecule has 4 spiro atoms. The first-order valence-electron chi connectivity index (χ1n) is 18.8. The Morgan fingerprint density at radius 1 is 1.02 bits per heavy atom. The molecule has 2 aliphatic carbocycles. The molecule has 13 atom stereocenters. The number of ether oxygens (including phenoxy) is 3. The second kappa shape index (κ2) is 7.70. The van der Waals surface area contributed by atoms with Crippen LogP contribution in [-0.2, 0) is 29.8 Å². The summed E-state index contributed by atoms with van der Waals surface area (Å²) in [7, 11) is 1.56. The highest BCUT2D eigenvalue weighted by atomic mass is 16.6. The summed E-state index contributed by atoms with van der Waals surface area (Å²) in [6.07, 6.45) is 7.78. The van der Waals surface area contributed by atoms with Crippen molar-refractivity contribution in [2.45, 2.75) is 117 Å². The maximum Gasteiger partial charge on any atom is 0.335 e. The molecule has 2 aromatic rings. The minimum atomic E-state index is -0.457. The minimum absolute atomic E-state index is 0.106. The highest BCUT2D eigenvalue weighted by Crippen LogP contribution is 2.83. The topological polar surface area (TPSA) is 69.8 Å². The average molecular weight is 645 g/mol. The van der Waals surface area contributed by atoms with Gasteiger partial charge in [-0.3, -0.25) is 9.80 Å². The molecule has 8 heteroatoms. The van der Waals surface area contributed by atoms with Gasteiger partial charge in [0, 0.05) is 60.0 Å². The average Bonchev–Trinajstić information content (AvgIpc) is 3.37. The molecule has 6 bridgehead atoms. The van der Waals surface area contributed by atoms with E-state index in [0.29, 0.717) is 36.6 Å². The molecule has 8 fully saturated rings. The number of piperidine rings is 2. The van der Waals surface area contributed by atoms with Gasteiger partial charge in [-0.15, -0.1) is 0 Å². The molecule has 0 radical (unpaired) electrons. The third kappa shape index (κ3) is 2.25. The van der Waals surface area contributed by atoms with Crippen LogP contribution >= 0.6 is 0 Å². The third-order valence-corrected chi connectivity index (χ3v) is 16.8. The zero-order valence-electron chi connectivity index (χ0n) is 28.1. The van der Waals surface area contributed by atoms with E-state index < -0.39 is 5.72 Å². The fourth-order valence-corrected chi connectivity index (χ4v) is 16.0. The molecule has 248 valence electrons. The number of hydrogen-bond donors (Lipinski definition) is 1. The van der Waals surface area contributed by atoms with Gasteiger partial charge >= 0.3 is 5.97 Å². The molecule has 0 aromatic heterocycles. The summed E-state index contributed by atoms with van der Waals surface area (Å²) in [4.78, 5) is 22.8. The summed E-state index contributed by atoms with van der Waals surface area (Å²) in [6, 6.07) is 19.3. The lowest BCUT2D eigenvalue weighted by Crippen LogP contribution is -2.79. The second-order valence-corrected chi connectivity index (χ2v) is 17.5. The molecular formula is C40H44N4O4. The van der Waals surface area contributed by atoms with Crippen LogP contribution < -0.4 is 10.2 Å². The number of benzene rings is 2. The van der Waals surface area contributed by atoms with Crippen molar-refractivity contribution < 1.29 is 19.0 Å². The Kier molecular flexibility index (Phi) is 4.32. The summed E-state index contributed by atoms with van der Waals surface area (Å²) in [5, 5.41) is 3.90. The van der Waals surface area contributed by atoms with Gasteiger partial charge in [0.2, 0.25) is 0 Å². The minimum Gasteiger partial charge on any atom is -0.466 e. The van der Waals surface area contributed by atoms with Gasteiger partial charge in [0.05, 0.1) is 52.9 Å². The molecule has 9 heterocycles. The van der Waals surface area contributed by atoms with Crippen LogP contribution in [0.2, 0.25) is 0 Å². The zero-order valence-corrected chi connectivity index (χ0v) is 28.1. The molecule has 9 aliphatic heterocycles. The molecule has 1 saturated carbocycles. The Hall–Kier alpha value is -2.91. The summed E-state index contributed by atoms with van der Waals surface area (Å²) in [5.41, 5.74) is 5.97. The SMILES string of the molecule is CC[C@]12C[C@]34CC(C(=O)OC)=C5Nc6ccccc6[C@]56CCN3[C@H]1[C@@H]1C[C@]3(CC)[C@@H]5O[C@@H]5CN5CC[C@@]7(c8ccccc8N([C@@H]46)[C@@]17O2)[C@@H]53. The number of anilines is 2. The van der Waals surface area contributed by atoms with E-state index in [-0.39, 0.29) is 39.4 Å². The number of para-hydroxylation sites is 2. The molecule has 8 nitrogen and oxygen atoms in total. The molecule has 2 aromatic carbocycles. The number of esters is 1. The van der Waals surface area contributed by atoms with Crippen molar-refractivity contribution in [2.24, 2.45) is 11.3 Å². The Morgan fingerprint density at radius 3 is 2.69 bits per heavy atom. The lowest BCUT2D eigenvalue weighted by Gasteiger charge is -2.65. The molecule has 0 amide bonds. The summed E-state index contributed by atoms with van der Waals surface area (Å²) in [6.45, 7) is 8.04. The van der Waals surface area contributed by atoms with Crippen LogP contribution in [0, 0.1) is 11.3 Å². The zero-order chi connectivity index (χ0) is 31.8. The van der Waals surface area contributed by atoms with Crippen molar-refractivity contribution in [3.8, 4) is 0 Å². The van der Waals surface area contributed by atoms with Gasteiger partial charge in [-0.2, -0.15) is 0 Å². The number of hydrogen-bond acceptors (Lipinski definition) is 8. The van der Waals surface area contributed by atoms with Crippen LogP contribution in [0.3, 0.4) is 0 Å². The Labute approximate surface area is 281 Å². The number of carbonyl (C=O) groups is 1. The molecule has 7 saturated heterocycles. The first-order valence-corrected chi connectivity index (χ1v) is 18.8. The van der Waals surface area contributed by atoms with E-state index >= 15 is 0 Å². The first kappa shape index (κ1) is 26.9. The van der Waals surface area contributed by atoms with Gasteiger partial charge in [-0.05, 0) is 68.3 Å². The van der Waals surface area contributed by atoms with Crippen molar-refractivity contribution >= 4 is 17.3 Å². The lowest BCUT2D eigenvalue weighted by molar-refractivity contribution is -0.193. The Bertz CT molecular complexity index is 1950. The lowest BCUT2D eigenvalue weighted by atomic mass is 9.47. The normalized spacial score (nSPS) is 52.6. The molecule has 1 N–H and O–H groups in total. The van der Waals surface area contributed by atoms with Crippen molar-refractivity contribution in [1.82, 2.24) is 9.80 Å². The monoisotopic (exact) mass is 644 g/mol. The number of epoxide rings is 1. The highest BCUT2D eigenvalue weighted by Gasteiger charge is 2.92. The number of carbonyl (C=O) groups excluding carboxylic acids is 1. The highest BCUT2D eigenvalue weighted by molar-refractivity contribution is 5.94. The van der Waals surface area contributed by atoms with E-state index in [1.165, 1.54) is 16.8 Å². The summed E-state index contributed by atoms with van der Waals surface area (Å²) < 4.78 is 20.7. The van der Waals surface area contributed by atoms with E-state index in [4.69, 9.17) is 14.2 Å². The van der Waals surface area contributed by atoms with Crippen LogP contribution in [0.4, 0.5) is 11.4 Å². The van der Waals surface area contributed by atoms with Gasteiger partial charge in [-0.25, -0.2) is 4.79 Å². The molecule has 1 unspecified atom stereocenters. The van der Waals surface area contributed by atoms with E-state index in [1.807, 2.05) is 0 Å². The van der Waals surface area contributed by atoms with Crippen molar-refractivity contribution in [3.63, 3.8) is 0 Å². The number of rotatable bonds is 3. The van der Waals surface area contributed by atoms with E-state index in [1.54, 1.807) is 7.11 Å². The molecule has 13 rings (SSSR count). The van der Waals surface area contributed by atoms with Crippen LogP contribution in [0.15, 0.2) is 59.8 Å². The van der Waals surface area contributed by atoms with Crippen LogP contribution in [0.25, 0.3) is 0 Å². The molecule has 48 heavy (non-hydrogen) atoms. The van der Waals surface area contributed by atoms with E-state index in [2.05, 4.69) is 82.4 Å². The quantitative estimate of drug-likeness (QED) is 0.382. The maximum absolute atomic E-state index is 14.0. The number of methoxy groups -OCH3 is 1. The predicted molar refractivity (Wildman–Crippen MR) is 179 cm³/mol. The van der Waals surface area contributed by atoms with Gasteiger partial charge in [0.25, 0.3) is 0 Å². The number of fused-ring (bicyclic) bond motifs is 5. The van der Waals surface area contributed by atoms with Crippen molar-refractivity contribution in [3.05, 3.63) is 70.9 Å². The Morgan fingerprint density at radius 2 is 1.85 bits per heavy atom. The number of nitrogens with zero attached hydrogens (tertiary/aromatic N) is 3. The van der Waals surface area contributed by atoms with Gasteiger partial charge in [-0.1, -0.05) is 50.2 Å². The summed E-state index contributed by atoms with van der Waals surface area (Å²) in [5.74, 6) is 0.169. The molecule has 11 aliphatic rings. The summed E-state index contributed by atoms with van der Waals surface area (Å²) >= 11 is 0. The predicted octanol–water partition coefficient (Wildman–Crippen LogP) is 4.68. The second-order valence-electron chi connectivity index (χ2n) is 17.5. The van der Waals surface area contributed by atoms with Gasteiger partial charge < -0.3 is 24.4 Å². The van der Waals surface area contributed by atoms with Gasteiger partial charge in [0.1, 0.15) is 0 Å². The van der Waals surface area contributed by atoms with Crippen molar-refractivity contribution in [2.75, 3.05) is 37.0 Å². The van der Waals surface area contributed by atoms with E-state index in [9.17, 15) is 4.79 Å². The van der Waals surface area contributed by atoms with Crippen molar-refractivity contribution in [1.29, 1.82) is 0 Å². The Balaban J connectivity index is 1.19. The van der Waals surface area contributed by atoms with Crippen LogP contribution in [0.5, 0.6) is 0 Å². The number of nitrogens with one attached hydrogen (secondary N) is 1.